The Bertz CT molecular complexity index is 440. The van der Waals surface area contributed by atoms with Gasteiger partial charge in [-0.2, -0.15) is 0 Å². The number of thioether (sulfide) groups is 1. The van der Waals surface area contributed by atoms with Crippen molar-refractivity contribution in [2.75, 3.05) is 12.4 Å². The fourth-order valence-electron chi connectivity index (χ4n) is 1.76. The largest absolute Gasteiger partial charge is 0.497 e. The minimum absolute atomic E-state index is 0.147. The zero-order valence-electron chi connectivity index (χ0n) is 8.37. The summed E-state index contributed by atoms with van der Waals surface area (Å²) < 4.78 is 4.97. The van der Waals surface area contributed by atoms with Gasteiger partial charge in [0, 0.05) is 11.0 Å². The molecule has 1 N–H and O–H groups in total. The Labute approximate surface area is 92.2 Å². The lowest BCUT2D eigenvalue weighted by atomic mass is 10.2. The van der Waals surface area contributed by atoms with Crippen molar-refractivity contribution in [2.24, 2.45) is 0 Å². The molecule has 1 spiro atoms. The first-order chi connectivity index (χ1) is 7.23. The highest BCUT2D eigenvalue weighted by molar-refractivity contribution is 8.02. The second-order valence-corrected chi connectivity index (χ2v) is 5.34. The Balaban J connectivity index is 2.01. The third-order valence-corrected chi connectivity index (χ3v) is 4.42. The molecular weight excluding hydrogens is 210 g/mol. The van der Waals surface area contributed by atoms with E-state index < -0.39 is 0 Å². The van der Waals surface area contributed by atoms with E-state index in [9.17, 15) is 4.79 Å². The Morgan fingerprint density at radius 2 is 2.27 bits per heavy atom. The van der Waals surface area contributed by atoms with Crippen LogP contribution in [0.3, 0.4) is 0 Å². The number of rotatable bonds is 1. The second kappa shape index (κ2) is 2.92. The molecule has 0 atom stereocenters. The molecule has 3 rings (SSSR count). The number of ether oxygens (including phenoxy) is 1. The Morgan fingerprint density at radius 3 is 2.93 bits per heavy atom. The normalized spacial score (nSPS) is 20.7. The zero-order valence-corrected chi connectivity index (χ0v) is 9.19. The van der Waals surface area contributed by atoms with E-state index in [-0.39, 0.29) is 10.7 Å². The summed E-state index contributed by atoms with van der Waals surface area (Å²) in [5.41, 5.74) is 0.877. The summed E-state index contributed by atoms with van der Waals surface area (Å²) >= 11 is 1.68. The Kier molecular flexibility index (Phi) is 1.77. The van der Waals surface area contributed by atoms with E-state index in [1.807, 2.05) is 18.2 Å². The van der Waals surface area contributed by atoms with Crippen LogP contribution in [0.15, 0.2) is 23.1 Å². The highest BCUT2D eigenvalue weighted by Crippen LogP contribution is 2.56. The van der Waals surface area contributed by atoms with E-state index >= 15 is 0 Å². The smallest absolute Gasteiger partial charge is 0.241 e. The van der Waals surface area contributed by atoms with Crippen molar-refractivity contribution in [3.63, 3.8) is 0 Å². The predicted molar refractivity (Wildman–Crippen MR) is 59.4 cm³/mol. The summed E-state index contributed by atoms with van der Waals surface area (Å²) in [7, 11) is 1.63. The van der Waals surface area contributed by atoms with Crippen LogP contribution in [-0.2, 0) is 4.79 Å². The van der Waals surface area contributed by atoms with E-state index in [0.717, 1.165) is 29.2 Å². The lowest BCUT2D eigenvalue weighted by Crippen LogP contribution is -2.30. The highest BCUT2D eigenvalue weighted by atomic mass is 32.2. The maximum Gasteiger partial charge on any atom is 0.241 e. The molecule has 78 valence electrons. The topological polar surface area (TPSA) is 38.3 Å². The number of anilines is 1. The fourth-order valence-corrected chi connectivity index (χ4v) is 2.99. The van der Waals surface area contributed by atoms with E-state index in [1.165, 1.54) is 0 Å². The van der Waals surface area contributed by atoms with Gasteiger partial charge in [0.15, 0.2) is 0 Å². The molecule has 1 aliphatic carbocycles. The molecule has 0 unspecified atom stereocenters. The van der Waals surface area contributed by atoms with Gasteiger partial charge in [-0.3, -0.25) is 4.79 Å². The molecular formula is C11H11NO2S. The van der Waals surface area contributed by atoms with Crippen molar-refractivity contribution in [3.05, 3.63) is 18.2 Å². The summed E-state index contributed by atoms with van der Waals surface area (Å²) in [6.45, 7) is 0. The van der Waals surface area contributed by atoms with E-state index in [4.69, 9.17) is 4.74 Å². The van der Waals surface area contributed by atoms with Crippen molar-refractivity contribution < 1.29 is 9.53 Å². The number of methoxy groups -OCH3 is 1. The molecule has 1 heterocycles. The van der Waals surface area contributed by atoms with Crippen molar-refractivity contribution >= 4 is 23.4 Å². The molecule has 15 heavy (non-hydrogen) atoms. The quantitative estimate of drug-likeness (QED) is 0.790. The number of nitrogens with one attached hydrogen (secondary N) is 1. The van der Waals surface area contributed by atoms with Crippen LogP contribution >= 0.6 is 11.8 Å². The molecule has 1 aromatic carbocycles. The van der Waals surface area contributed by atoms with Crippen molar-refractivity contribution in [2.45, 2.75) is 22.5 Å². The fraction of sp³-hybridized carbons (Fsp3) is 0.364. The van der Waals surface area contributed by atoms with Gasteiger partial charge in [-0.1, -0.05) is 0 Å². The van der Waals surface area contributed by atoms with Gasteiger partial charge in [0.1, 0.15) is 5.75 Å². The maximum absolute atomic E-state index is 11.8. The third kappa shape index (κ3) is 1.32. The third-order valence-electron chi connectivity index (χ3n) is 2.86. The van der Waals surface area contributed by atoms with Crippen LogP contribution in [0.1, 0.15) is 12.8 Å². The highest BCUT2D eigenvalue weighted by Gasteiger charge is 2.53. The minimum atomic E-state index is -0.151. The molecule has 0 radical (unpaired) electrons. The van der Waals surface area contributed by atoms with Crippen molar-refractivity contribution in [3.8, 4) is 5.75 Å². The lowest BCUT2D eigenvalue weighted by molar-refractivity contribution is -0.116. The molecule has 0 bridgehead atoms. The Hall–Kier alpha value is -1.16. The monoisotopic (exact) mass is 221 g/mol. The molecule has 3 nitrogen and oxygen atoms in total. The number of hydrogen-bond acceptors (Lipinski definition) is 3. The van der Waals surface area contributed by atoms with Crippen LogP contribution < -0.4 is 10.1 Å². The predicted octanol–water partition coefficient (Wildman–Crippen LogP) is 2.27. The van der Waals surface area contributed by atoms with E-state index in [1.54, 1.807) is 18.9 Å². The lowest BCUT2D eigenvalue weighted by Gasteiger charge is -2.23. The number of amides is 1. The van der Waals surface area contributed by atoms with Crippen LogP contribution in [0, 0.1) is 0 Å². The zero-order chi connectivity index (χ0) is 10.5. The molecule has 1 amide bonds. The van der Waals surface area contributed by atoms with Gasteiger partial charge in [-0.15, -0.1) is 11.8 Å². The summed E-state index contributed by atoms with van der Waals surface area (Å²) in [4.78, 5) is 12.9. The van der Waals surface area contributed by atoms with Gasteiger partial charge in [0.05, 0.1) is 17.5 Å². The average molecular weight is 221 g/mol. The van der Waals surface area contributed by atoms with Gasteiger partial charge in [-0.25, -0.2) is 0 Å². The standard InChI is InChI=1S/C11H11NO2S/c1-14-7-2-3-9-8(6-7)12-10(13)11(15-9)4-5-11/h2-3,6H,4-5H2,1H3,(H,12,13). The molecule has 1 saturated carbocycles. The van der Waals surface area contributed by atoms with Crippen molar-refractivity contribution in [1.29, 1.82) is 0 Å². The van der Waals surface area contributed by atoms with Crippen LogP contribution in [0.2, 0.25) is 0 Å². The first kappa shape index (κ1) is 9.09. The summed E-state index contributed by atoms with van der Waals surface area (Å²) in [6, 6.07) is 5.81. The maximum atomic E-state index is 11.8. The molecule has 4 heteroatoms. The van der Waals surface area contributed by atoms with Crippen LogP contribution in [0.5, 0.6) is 5.75 Å². The minimum Gasteiger partial charge on any atom is -0.497 e. The Morgan fingerprint density at radius 1 is 1.47 bits per heavy atom. The van der Waals surface area contributed by atoms with Gasteiger partial charge >= 0.3 is 0 Å². The van der Waals surface area contributed by atoms with Gasteiger partial charge < -0.3 is 10.1 Å². The number of hydrogen-bond donors (Lipinski definition) is 1. The average Bonchev–Trinajstić information content (AvgIpc) is 3.00. The molecule has 0 saturated heterocycles. The van der Waals surface area contributed by atoms with Crippen molar-refractivity contribution in [1.82, 2.24) is 0 Å². The molecule has 1 aromatic rings. The van der Waals surface area contributed by atoms with Crippen LogP contribution in [0.4, 0.5) is 5.69 Å². The molecule has 0 aromatic heterocycles. The van der Waals surface area contributed by atoms with Gasteiger partial charge in [0.25, 0.3) is 0 Å². The summed E-state index contributed by atoms with van der Waals surface area (Å²) in [5.74, 6) is 0.926. The second-order valence-electron chi connectivity index (χ2n) is 3.91. The number of carbonyl (C=O) groups excluding carboxylic acids is 1. The van der Waals surface area contributed by atoms with Crippen LogP contribution in [0.25, 0.3) is 0 Å². The van der Waals surface area contributed by atoms with Crippen LogP contribution in [-0.4, -0.2) is 17.8 Å². The van der Waals surface area contributed by atoms with E-state index in [0.29, 0.717) is 0 Å². The summed E-state index contributed by atoms with van der Waals surface area (Å²) in [5, 5.41) is 2.95. The molecule has 2 aliphatic rings. The van der Waals surface area contributed by atoms with E-state index in [2.05, 4.69) is 5.32 Å². The SMILES string of the molecule is COc1ccc2c(c1)NC(=O)C1(CC1)S2. The summed E-state index contributed by atoms with van der Waals surface area (Å²) in [6.07, 6.45) is 1.99. The first-order valence-corrected chi connectivity index (χ1v) is 5.74. The molecule has 1 fully saturated rings. The number of benzene rings is 1. The number of carbonyl (C=O) groups is 1. The van der Waals surface area contributed by atoms with Gasteiger partial charge in [0.2, 0.25) is 5.91 Å². The first-order valence-electron chi connectivity index (χ1n) is 4.92. The van der Waals surface area contributed by atoms with Gasteiger partial charge in [-0.05, 0) is 25.0 Å². The molecule has 1 aliphatic heterocycles. The number of fused-ring (bicyclic) bond motifs is 1.